The van der Waals surface area contributed by atoms with Crippen molar-refractivity contribution in [2.24, 2.45) is 0 Å². The number of benzene rings is 1. The number of nitrogens with zero attached hydrogens (tertiary/aromatic N) is 2. The van der Waals surface area contributed by atoms with Crippen LogP contribution in [0, 0.1) is 6.92 Å². The molecular weight excluding hydrogens is 312 g/mol. The zero-order valence-corrected chi connectivity index (χ0v) is 13.4. The third kappa shape index (κ3) is 2.68. The van der Waals surface area contributed by atoms with Crippen LogP contribution in [0.15, 0.2) is 36.7 Å². The predicted molar refractivity (Wildman–Crippen MR) is 89.6 cm³/mol. The number of anilines is 1. The van der Waals surface area contributed by atoms with Gasteiger partial charge in [-0.2, -0.15) is 0 Å². The van der Waals surface area contributed by atoms with Gasteiger partial charge in [0.05, 0.1) is 10.9 Å². The molecule has 0 atom stereocenters. The van der Waals surface area contributed by atoms with Crippen molar-refractivity contribution in [2.45, 2.75) is 25.0 Å². The van der Waals surface area contributed by atoms with Crippen LogP contribution in [0.3, 0.4) is 0 Å². The standard InChI is InChI=1S/C16H16N4O2S/c1-10-8-14-15(17-9-18-16(14)19-10)11-2-4-12(5-3-11)20-23(21,22)13-6-7-13/h2-5,8-9,13,20H,6-7H2,1H3,(H,17,18,19). The van der Waals surface area contributed by atoms with Crippen molar-refractivity contribution in [2.75, 3.05) is 4.72 Å². The smallest absolute Gasteiger partial charge is 0.235 e. The maximum Gasteiger partial charge on any atom is 0.235 e. The zero-order valence-electron chi connectivity index (χ0n) is 12.6. The molecule has 1 aliphatic carbocycles. The first-order valence-corrected chi connectivity index (χ1v) is 9.00. The Balaban J connectivity index is 1.67. The number of hydrogen-bond donors (Lipinski definition) is 2. The van der Waals surface area contributed by atoms with Crippen molar-refractivity contribution in [3.05, 3.63) is 42.4 Å². The first-order valence-electron chi connectivity index (χ1n) is 7.45. The molecule has 0 aliphatic heterocycles. The maximum absolute atomic E-state index is 12.0. The Hall–Kier alpha value is -2.41. The second-order valence-corrected chi connectivity index (χ2v) is 7.82. The molecule has 1 aromatic carbocycles. The van der Waals surface area contributed by atoms with Gasteiger partial charge in [-0.25, -0.2) is 18.4 Å². The van der Waals surface area contributed by atoms with Crippen LogP contribution in [-0.4, -0.2) is 28.6 Å². The summed E-state index contributed by atoms with van der Waals surface area (Å²) in [6, 6.07) is 9.28. The second kappa shape index (κ2) is 5.06. The third-order valence-electron chi connectivity index (χ3n) is 3.94. The summed E-state index contributed by atoms with van der Waals surface area (Å²) in [7, 11) is -3.23. The van der Waals surface area contributed by atoms with Gasteiger partial charge < -0.3 is 4.98 Å². The normalized spacial score (nSPS) is 15.0. The van der Waals surface area contributed by atoms with Crippen molar-refractivity contribution >= 4 is 26.7 Å². The van der Waals surface area contributed by atoms with E-state index in [0.29, 0.717) is 5.69 Å². The van der Waals surface area contributed by atoms with Crippen LogP contribution in [0.2, 0.25) is 0 Å². The molecule has 0 radical (unpaired) electrons. The number of sulfonamides is 1. The highest BCUT2D eigenvalue weighted by molar-refractivity contribution is 7.93. The average molecular weight is 328 g/mol. The summed E-state index contributed by atoms with van der Waals surface area (Å²) < 4.78 is 26.6. The van der Waals surface area contributed by atoms with Gasteiger partial charge >= 0.3 is 0 Å². The van der Waals surface area contributed by atoms with Crippen molar-refractivity contribution in [3.8, 4) is 11.3 Å². The molecular formula is C16H16N4O2S. The summed E-state index contributed by atoms with van der Waals surface area (Å²) in [5.74, 6) is 0. The molecule has 0 spiro atoms. The van der Waals surface area contributed by atoms with Crippen molar-refractivity contribution in [1.82, 2.24) is 15.0 Å². The summed E-state index contributed by atoms with van der Waals surface area (Å²) in [5, 5.41) is 0.725. The van der Waals surface area contributed by atoms with Crippen molar-refractivity contribution in [3.63, 3.8) is 0 Å². The van der Waals surface area contributed by atoms with Crippen LogP contribution in [0.4, 0.5) is 5.69 Å². The Morgan fingerprint density at radius 3 is 2.61 bits per heavy atom. The molecule has 1 aliphatic rings. The minimum Gasteiger partial charge on any atom is -0.343 e. The van der Waals surface area contributed by atoms with Gasteiger partial charge in [0.25, 0.3) is 0 Å². The van der Waals surface area contributed by atoms with E-state index in [1.165, 1.54) is 6.33 Å². The summed E-state index contributed by atoms with van der Waals surface area (Å²) >= 11 is 0. The summed E-state index contributed by atoms with van der Waals surface area (Å²) in [5.41, 5.74) is 4.15. The number of aryl methyl sites for hydroxylation is 1. The highest BCUT2D eigenvalue weighted by Crippen LogP contribution is 2.31. The molecule has 0 unspecified atom stereocenters. The molecule has 3 aromatic rings. The third-order valence-corrected chi connectivity index (χ3v) is 5.81. The molecule has 0 amide bonds. The lowest BCUT2D eigenvalue weighted by Gasteiger charge is -2.08. The summed E-state index contributed by atoms with van der Waals surface area (Å²) in [6.07, 6.45) is 3.02. The molecule has 1 fully saturated rings. The number of rotatable bonds is 4. The van der Waals surface area contributed by atoms with Crippen LogP contribution in [0.25, 0.3) is 22.3 Å². The fourth-order valence-electron chi connectivity index (χ4n) is 2.62. The highest BCUT2D eigenvalue weighted by Gasteiger charge is 2.35. The van der Waals surface area contributed by atoms with Gasteiger partial charge in [0.15, 0.2) is 0 Å². The van der Waals surface area contributed by atoms with Crippen molar-refractivity contribution in [1.29, 1.82) is 0 Å². The summed E-state index contributed by atoms with van der Waals surface area (Å²) in [4.78, 5) is 11.8. The molecule has 23 heavy (non-hydrogen) atoms. The van der Waals surface area contributed by atoms with Crippen LogP contribution in [-0.2, 0) is 10.0 Å². The number of hydrogen-bond acceptors (Lipinski definition) is 4. The number of aromatic nitrogens is 3. The average Bonchev–Trinajstić information content (AvgIpc) is 3.30. The molecule has 7 heteroatoms. The zero-order chi connectivity index (χ0) is 16.0. The van der Waals surface area contributed by atoms with E-state index in [4.69, 9.17) is 0 Å². The fourth-order valence-corrected chi connectivity index (χ4v) is 4.01. The van der Waals surface area contributed by atoms with Crippen LogP contribution < -0.4 is 4.72 Å². The first kappa shape index (κ1) is 14.2. The molecule has 2 heterocycles. The lowest BCUT2D eigenvalue weighted by Crippen LogP contribution is -2.17. The monoisotopic (exact) mass is 328 g/mol. The molecule has 1 saturated carbocycles. The van der Waals surface area contributed by atoms with E-state index in [9.17, 15) is 8.42 Å². The van der Waals surface area contributed by atoms with Gasteiger partial charge in [0.1, 0.15) is 12.0 Å². The largest absolute Gasteiger partial charge is 0.343 e. The lowest BCUT2D eigenvalue weighted by atomic mass is 10.1. The Kier molecular flexibility index (Phi) is 3.12. The van der Waals surface area contributed by atoms with Gasteiger partial charge in [-0.15, -0.1) is 0 Å². The van der Waals surface area contributed by atoms with E-state index in [-0.39, 0.29) is 5.25 Å². The topological polar surface area (TPSA) is 87.7 Å². The van der Waals surface area contributed by atoms with Gasteiger partial charge in [-0.05, 0) is 38.0 Å². The number of fused-ring (bicyclic) bond motifs is 1. The Morgan fingerprint density at radius 2 is 1.91 bits per heavy atom. The Labute approximate surface area is 134 Å². The van der Waals surface area contributed by atoms with Crippen molar-refractivity contribution < 1.29 is 8.42 Å². The second-order valence-electron chi connectivity index (χ2n) is 5.86. The molecule has 4 rings (SSSR count). The van der Waals surface area contributed by atoms with E-state index >= 15 is 0 Å². The van der Waals surface area contributed by atoms with Crippen LogP contribution in [0.5, 0.6) is 0 Å². The molecule has 0 saturated heterocycles. The van der Waals surface area contributed by atoms with Gasteiger partial charge in [-0.1, -0.05) is 12.1 Å². The fraction of sp³-hybridized carbons (Fsp3) is 0.250. The number of aromatic amines is 1. The minimum absolute atomic E-state index is 0.230. The minimum atomic E-state index is -3.23. The predicted octanol–water partition coefficient (Wildman–Crippen LogP) is 2.84. The lowest BCUT2D eigenvalue weighted by molar-refractivity contribution is 0.600. The van der Waals surface area contributed by atoms with Gasteiger partial charge in [0.2, 0.25) is 10.0 Å². The van der Waals surface area contributed by atoms with E-state index in [1.54, 1.807) is 12.1 Å². The van der Waals surface area contributed by atoms with Crippen LogP contribution >= 0.6 is 0 Å². The van der Waals surface area contributed by atoms with E-state index in [2.05, 4.69) is 19.7 Å². The van der Waals surface area contributed by atoms with Gasteiger partial charge in [-0.3, -0.25) is 4.72 Å². The molecule has 0 bridgehead atoms. The van der Waals surface area contributed by atoms with Gasteiger partial charge in [0, 0.05) is 22.3 Å². The molecule has 2 aromatic heterocycles. The van der Waals surface area contributed by atoms with E-state index in [0.717, 1.165) is 40.8 Å². The molecule has 118 valence electrons. The molecule has 6 nitrogen and oxygen atoms in total. The Bertz CT molecular complexity index is 973. The number of H-pyrrole nitrogens is 1. The van der Waals surface area contributed by atoms with E-state index < -0.39 is 10.0 Å². The highest BCUT2D eigenvalue weighted by atomic mass is 32.2. The summed E-state index contributed by atoms with van der Waals surface area (Å²) in [6.45, 7) is 1.97. The first-order chi connectivity index (χ1) is 11.0. The quantitative estimate of drug-likeness (QED) is 0.771. The number of nitrogens with one attached hydrogen (secondary N) is 2. The SMILES string of the molecule is Cc1cc2c(-c3ccc(NS(=O)(=O)C4CC4)cc3)ncnc2[nH]1. The molecule has 2 N–H and O–H groups in total. The maximum atomic E-state index is 12.0. The Morgan fingerprint density at radius 1 is 1.17 bits per heavy atom. The van der Waals surface area contributed by atoms with E-state index in [1.807, 2.05) is 25.1 Å². The van der Waals surface area contributed by atoms with Crippen LogP contribution in [0.1, 0.15) is 18.5 Å².